The smallest absolute Gasteiger partial charge is 0.213 e. The molecule has 0 aliphatic heterocycles. The molecule has 1 aromatic carbocycles. The number of methoxy groups -OCH3 is 1. The molecule has 1 heterocycles. The van der Waals surface area contributed by atoms with Gasteiger partial charge in [0.1, 0.15) is 0 Å². The average molecular weight is 310 g/mol. The van der Waals surface area contributed by atoms with Gasteiger partial charge in [-0.15, -0.1) is 0 Å². The molecule has 23 heavy (non-hydrogen) atoms. The van der Waals surface area contributed by atoms with E-state index in [4.69, 9.17) is 4.74 Å². The summed E-state index contributed by atoms with van der Waals surface area (Å²) < 4.78 is 5.18. The fourth-order valence-corrected chi connectivity index (χ4v) is 2.51. The SMILES string of the molecule is CC/C(=C/c1cccc(-c2ccnc(OC)c2)c1C=O)N(C)C. The number of benzene rings is 1. The first-order chi connectivity index (χ1) is 11.1. The van der Waals surface area contributed by atoms with Crippen LogP contribution >= 0.6 is 0 Å². The fourth-order valence-electron chi connectivity index (χ4n) is 2.51. The molecule has 4 nitrogen and oxygen atoms in total. The summed E-state index contributed by atoms with van der Waals surface area (Å²) in [6, 6.07) is 9.58. The monoisotopic (exact) mass is 310 g/mol. The van der Waals surface area contributed by atoms with Gasteiger partial charge < -0.3 is 9.64 Å². The number of aromatic nitrogens is 1. The maximum absolute atomic E-state index is 11.7. The van der Waals surface area contributed by atoms with Gasteiger partial charge in [-0.3, -0.25) is 4.79 Å². The van der Waals surface area contributed by atoms with Gasteiger partial charge in [-0.1, -0.05) is 25.1 Å². The normalized spacial score (nSPS) is 11.2. The van der Waals surface area contributed by atoms with E-state index in [2.05, 4.69) is 22.9 Å². The third-order valence-electron chi connectivity index (χ3n) is 3.77. The van der Waals surface area contributed by atoms with Crippen LogP contribution in [0.4, 0.5) is 0 Å². The molecule has 0 bridgehead atoms. The maximum Gasteiger partial charge on any atom is 0.213 e. The van der Waals surface area contributed by atoms with Crippen LogP contribution in [-0.2, 0) is 0 Å². The van der Waals surface area contributed by atoms with E-state index < -0.39 is 0 Å². The Balaban J connectivity index is 2.58. The number of allylic oxidation sites excluding steroid dienone is 1. The number of hydrogen-bond donors (Lipinski definition) is 0. The van der Waals surface area contributed by atoms with E-state index in [1.54, 1.807) is 13.3 Å². The summed E-state index contributed by atoms with van der Waals surface area (Å²) in [7, 11) is 5.59. The molecule has 0 spiro atoms. The summed E-state index contributed by atoms with van der Waals surface area (Å²) in [6.07, 6.45) is 5.56. The highest BCUT2D eigenvalue weighted by Crippen LogP contribution is 2.28. The highest BCUT2D eigenvalue weighted by atomic mass is 16.5. The van der Waals surface area contributed by atoms with E-state index in [0.29, 0.717) is 11.4 Å². The minimum atomic E-state index is 0.530. The van der Waals surface area contributed by atoms with Crippen LogP contribution in [0, 0.1) is 0 Å². The molecule has 2 rings (SSSR count). The van der Waals surface area contributed by atoms with Crippen molar-refractivity contribution in [2.75, 3.05) is 21.2 Å². The summed E-state index contributed by atoms with van der Waals surface area (Å²) in [5.41, 5.74) is 4.55. The molecule has 0 saturated heterocycles. The second-order valence-electron chi connectivity index (χ2n) is 5.40. The Labute approximate surface area is 137 Å². The van der Waals surface area contributed by atoms with Crippen molar-refractivity contribution in [3.8, 4) is 17.0 Å². The summed E-state index contributed by atoms with van der Waals surface area (Å²) in [6.45, 7) is 2.10. The topological polar surface area (TPSA) is 42.4 Å². The highest BCUT2D eigenvalue weighted by Gasteiger charge is 2.10. The number of carbonyl (C=O) groups is 1. The van der Waals surface area contributed by atoms with E-state index >= 15 is 0 Å². The lowest BCUT2D eigenvalue weighted by Crippen LogP contribution is -2.10. The molecule has 120 valence electrons. The zero-order valence-electron chi connectivity index (χ0n) is 14.0. The highest BCUT2D eigenvalue weighted by molar-refractivity contribution is 5.92. The first kappa shape index (κ1) is 16.7. The van der Waals surface area contributed by atoms with E-state index in [1.165, 1.54) is 0 Å². The summed E-state index contributed by atoms with van der Waals surface area (Å²) >= 11 is 0. The number of ether oxygens (including phenoxy) is 1. The van der Waals surface area contributed by atoms with Crippen LogP contribution in [0.15, 0.2) is 42.2 Å². The molecule has 0 fully saturated rings. The van der Waals surface area contributed by atoms with Crippen molar-refractivity contribution in [2.24, 2.45) is 0 Å². The van der Waals surface area contributed by atoms with E-state index in [9.17, 15) is 4.79 Å². The lowest BCUT2D eigenvalue weighted by molar-refractivity contribution is 0.112. The van der Waals surface area contributed by atoms with Gasteiger partial charge in [0.05, 0.1) is 7.11 Å². The molecule has 0 radical (unpaired) electrons. The first-order valence-corrected chi connectivity index (χ1v) is 7.57. The Kier molecular flexibility index (Phi) is 5.52. The Hall–Kier alpha value is -2.62. The van der Waals surface area contributed by atoms with Gasteiger partial charge in [-0.2, -0.15) is 0 Å². The predicted molar refractivity (Wildman–Crippen MR) is 93.6 cm³/mol. The van der Waals surface area contributed by atoms with Gasteiger partial charge in [-0.25, -0.2) is 4.98 Å². The van der Waals surface area contributed by atoms with Crippen LogP contribution in [-0.4, -0.2) is 37.4 Å². The standard InChI is InChI=1S/C19H22N2O2/c1-5-16(21(2)3)11-14-7-6-8-17(18(14)13-22)15-9-10-20-19(12-15)23-4/h6-13H,5H2,1-4H3/b16-11-. The lowest BCUT2D eigenvalue weighted by Gasteiger charge is -2.17. The zero-order chi connectivity index (χ0) is 16.8. The van der Waals surface area contributed by atoms with Crippen molar-refractivity contribution >= 4 is 12.4 Å². The number of pyridine rings is 1. The molecule has 0 N–H and O–H groups in total. The number of aldehydes is 1. The van der Waals surface area contributed by atoms with E-state index in [0.717, 1.165) is 35.1 Å². The number of hydrogen-bond acceptors (Lipinski definition) is 4. The molecule has 0 aliphatic carbocycles. The second-order valence-corrected chi connectivity index (χ2v) is 5.40. The molecule has 0 atom stereocenters. The molecule has 2 aromatic rings. The maximum atomic E-state index is 11.7. The summed E-state index contributed by atoms with van der Waals surface area (Å²) in [5.74, 6) is 0.530. The Morgan fingerprint density at radius 3 is 2.70 bits per heavy atom. The minimum absolute atomic E-state index is 0.530. The zero-order valence-corrected chi connectivity index (χ0v) is 14.0. The minimum Gasteiger partial charge on any atom is -0.481 e. The summed E-state index contributed by atoms with van der Waals surface area (Å²) in [5, 5.41) is 0. The van der Waals surface area contributed by atoms with Crippen molar-refractivity contribution in [1.29, 1.82) is 0 Å². The second kappa shape index (κ2) is 7.58. The first-order valence-electron chi connectivity index (χ1n) is 7.57. The largest absolute Gasteiger partial charge is 0.481 e. The van der Waals surface area contributed by atoms with Crippen molar-refractivity contribution < 1.29 is 9.53 Å². The van der Waals surface area contributed by atoms with Crippen LogP contribution in [0.5, 0.6) is 5.88 Å². The Morgan fingerprint density at radius 2 is 2.09 bits per heavy atom. The van der Waals surface area contributed by atoms with Gasteiger partial charge in [-0.05, 0) is 35.3 Å². The molecule has 0 unspecified atom stereocenters. The van der Waals surface area contributed by atoms with Gasteiger partial charge >= 0.3 is 0 Å². The summed E-state index contributed by atoms with van der Waals surface area (Å²) in [4.78, 5) is 17.9. The van der Waals surface area contributed by atoms with Crippen molar-refractivity contribution in [1.82, 2.24) is 9.88 Å². The molecular weight excluding hydrogens is 288 g/mol. The number of rotatable bonds is 6. The average Bonchev–Trinajstić information content (AvgIpc) is 2.58. The third-order valence-corrected chi connectivity index (χ3v) is 3.77. The quantitative estimate of drug-likeness (QED) is 0.759. The Bertz CT molecular complexity index is 721. The van der Waals surface area contributed by atoms with Crippen LogP contribution < -0.4 is 4.74 Å². The van der Waals surface area contributed by atoms with Crippen LogP contribution in [0.25, 0.3) is 17.2 Å². The fraction of sp³-hybridized carbons (Fsp3) is 0.263. The molecule has 0 saturated carbocycles. The van der Waals surface area contributed by atoms with Gasteiger partial charge in [0.25, 0.3) is 0 Å². The van der Waals surface area contributed by atoms with E-state index in [-0.39, 0.29) is 0 Å². The number of nitrogens with zero attached hydrogens (tertiary/aromatic N) is 2. The molecule has 0 aliphatic rings. The lowest BCUT2D eigenvalue weighted by atomic mass is 9.96. The van der Waals surface area contributed by atoms with E-state index in [1.807, 2.05) is 44.4 Å². The molecule has 1 aromatic heterocycles. The van der Waals surface area contributed by atoms with Crippen LogP contribution in [0.3, 0.4) is 0 Å². The van der Waals surface area contributed by atoms with Crippen molar-refractivity contribution in [3.63, 3.8) is 0 Å². The molecular formula is C19H22N2O2. The van der Waals surface area contributed by atoms with Crippen molar-refractivity contribution in [3.05, 3.63) is 53.4 Å². The Morgan fingerprint density at radius 1 is 1.30 bits per heavy atom. The number of carbonyl (C=O) groups excluding carboxylic acids is 1. The van der Waals surface area contributed by atoms with Gasteiger partial charge in [0, 0.05) is 37.6 Å². The van der Waals surface area contributed by atoms with Crippen LogP contribution in [0.2, 0.25) is 0 Å². The third kappa shape index (κ3) is 3.77. The van der Waals surface area contributed by atoms with Gasteiger partial charge in [0.2, 0.25) is 5.88 Å². The van der Waals surface area contributed by atoms with Crippen LogP contribution in [0.1, 0.15) is 29.3 Å². The van der Waals surface area contributed by atoms with Gasteiger partial charge in [0.15, 0.2) is 6.29 Å². The van der Waals surface area contributed by atoms with Crippen molar-refractivity contribution in [2.45, 2.75) is 13.3 Å². The molecule has 4 heteroatoms. The molecule has 0 amide bonds. The predicted octanol–water partition coefficient (Wildman–Crippen LogP) is 3.88.